The highest BCUT2D eigenvalue weighted by Crippen LogP contribution is 2.27. The summed E-state index contributed by atoms with van der Waals surface area (Å²) in [5.74, 6) is 1.10. The molecule has 4 heteroatoms. The summed E-state index contributed by atoms with van der Waals surface area (Å²) in [6.07, 6.45) is 1.71. The lowest BCUT2D eigenvalue weighted by molar-refractivity contribution is 0.0941. The van der Waals surface area contributed by atoms with Crippen LogP contribution in [0.2, 0.25) is 0 Å². The van der Waals surface area contributed by atoms with Crippen molar-refractivity contribution in [1.82, 2.24) is 4.57 Å². The van der Waals surface area contributed by atoms with Crippen LogP contribution < -0.4 is 4.74 Å². The van der Waals surface area contributed by atoms with Crippen LogP contribution in [-0.4, -0.2) is 23.0 Å². The van der Waals surface area contributed by atoms with Crippen LogP contribution in [0.3, 0.4) is 0 Å². The third kappa shape index (κ3) is 1.91. The van der Waals surface area contributed by atoms with Gasteiger partial charge >= 0.3 is 0 Å². The largest absolute Gasteiger partial charge is 0.490 e. The maximum absolute atomic E-state index is 11.4. The Bertz CT molecular complexity index is 519. The molecule has 16 heavy (non-hydrogen) atoms. The summed E-state index contributed by atoms with van der Waals surface area (Å²) in [5.41, 5.74) is 0.861. The number of para-hydroxylation sites is 1. The number of alkyl halides is 1. The van der Waals surface area contributed by atoms with E-state index in [9.17, 15) is 4.79 Å². The van der Waals surface area contributed by atoms with Gasteiger partial charge in [-0.15, -0.1) is 11.6 Å². The van der Waals surface area contributed by atoms with E-state index in [-0.39, 0.29) is 5.91 Å². The molecule has 2 aromatic rings. The second-order valence-electron chi connectivity index (χ2n) is 3.44. The van der Waals surface area contributed by atoms with Crippen molar-refractivity contribution in [2.24, 2.45) is 0 Å². The topological polar surface area (TPSA) is 31.2 Å². The van der Waals surface area contributed by atoms with E-state index in [0.717, 1.165) is 10.9 Å². The molecule has 84 valence electrons. The first-order chi connectivity index (χ1) is 7.74. The maximum Gasteiger partial charge on any atom is 0.228 e. The molecule has 0 bridgehead atoms. The second kappa shape index (κ2) is 4.58. The molecule has 0 unspecified atom stereocenters. The number of aromatic nitrogens is 1. The Morgan fingerprint density at radius 2 is 2.19 bits per heavy atom. The summed E-state index contributed by atoms with van der Waals surface area (Å²) < 4.78 is 7.08. The van der Waals surface area contributed by atoms with Gasteiger partial charge in [-0.25, -0.2) is 0 Å². The number of carbonyl (C=O) groups is 1. The third-order valence-electron chi connectivity index (χ3n) is 2.35. The van der Waals surface area contributed by atoms with E-state index in [4.69, 9.17) is 16.3 Å². The van der Waals surface area contributed by atoms with Crippen molar-refractivity contribution in [2.45, 2.75) is 6.92 Å². The average Bonchev–Trinajstić information content (AvgIpc) is 2.65. The minimum atomic E-state index is -0.0306. The highest BCUT2D eigenvalue weighted by atomic mass is 35.5. The van der Waals surface area contributed by atoms with Gasteiger partial charge in [0.05, 0.1) is 17.6 Å². The number of hydrogen-bond acceptors (Lipinski definition) is 2. The molecule has 0 amide bonds. The van der Waals surface area contributed by atoms with Gasteiger partial charge in [-0.05, 0) is 12.1 Å². The van der Waals surface area contributed by atoms with Crippen molar-refractivity contribution in [3.8, 4) is 5.75 Å². The van der Waals surface area contributed by atoms with E-state index in [0.29, 0.717) is 18.2 Å². The molecule has 0 aliphatic carbocycles. The fourth-order valence-corrected chi connectivity index (χ4v) is 1.75. The van der Waals surface area contributed by atoms with E-state index in [1.807, 2.05) is 24.3 Å². The molecule has 0 saturated heterocycles. The Balaban J connectivity index is 2.53. The summed E-state index contributed by atoms with van der Waals surface area (Å²) >= 11 is 5.57. The minimum Gasteiger partial charge on any atom is -0.490 e. The zero-order chi connectivity index (χ0) is 11.5. The lowest BCUT2D eigenvalue weighted by Crippen LogP contribution is -2.03. The molecule has 0 N–H and O–H groups in total. The Labute approximate surface area is 98.6 Å². The molecule has 0 aliphatic rings. The van der Waals surface area contributed by atoms with Gasteiger partial charge in [0.2, 0.25) is 5.91 Å². The molecule has 0 aliphatic heterocycles. The molecule has 0 radical (unpaired) electrons. The van der Waals surface area contributed by atoms with Crippen LogP contribution in [-0.2, 0) is 0 Å². The van der Waals surface area contributed by atoms with E-state index in [1.165, 1.54) is 6.92 Å². The smallest absolute Gasteiger partial charge is 0.228 e. The monoisotopic (exact) mass is 237 g/mol. The molecule has 0 atom stereocenters. The number of fused-ring (bicyclic) bond motifs is 1. The van der Waals surface area contributed by atoms with Gasteiger partial charge < -0.3 is 4.74 Å². The van der Waals surface area contributed by atoms with Gasteiger partial charge in [0.1, 0.15) is 12.4 Å². The number of nitrogens with zero attached hydrogens (tertiary/aromatic N) is 1. The summed E-state index contributed by atoms with van der Waals surface area (Å²) in [6, 6.07) is 7.64. The number of hydrogen-bond donors (Lipinski definition) is 0. The van der Waals surface area contributed by atoms with Gasteiger partial charge in [-0.2, -0.15) is 0 Å². The normalized spacial score (nSPS) is 10.6. The lowest BCUT2D eigenvalue weighted by Gasteiger charge is -2.00. The van der Waals surface area contributed by atoms with Crippen LogP contribution >= 0.6 is 11.6 Å². The Morgan fingerprint density at radius 1 is 1.44 bits per heavy atom. The van der Waals surface area contributed by atoms with Gasteiger partial charge in [0.25, 0.3) is 0 Å². The number of benzene rings is 1. The molecule has 0 fully saturated rings. The fourth-order valence-electron chi connectivity index (χ4n) is 1.67. The van der Waals surface area contributed by atoms with Crippen LogP contribution in [0.1, 0.15) is 11.7 Å². The summed E-state index contributed by atoms with van der Waals surface area (Å²) in [6.45, 7) is 1.96. The van der Waals surface area contributed by atoms with E-state index in [2.05, 4.69) is 0 Å². The first-order valence-electron chi connectivity index (χ1n) is 5.04. The van der Waals surface area contributed by atoms with Crippen molar-refractivity contribution in [1.29, 1.82) is 0 Å². The number of ether oxygens (including phenoxy) is 1. The van der Waals surface area contributed by atoms with Crippen LogP contribution in [0.5, 0.6) is 5.75 Å². The molecule has 0 spiro atoms. The Hall–Kier alpha value is -1.48. The summed E-state index contributed by atoms with van der Waals surface area (Å²) in [5, 5.41) is 0.933. The highest BCUT2D eigenvalue weighted by molar-refractivity contribution is 6.18. The van der Waals surface area contributed by atoms with E-state index >= 15 is 0 Å². The SMILES string of the molecule is CC(=O)n1cc(OCCCl)c2ccccc21. The predicted octanol–water partition coefficient (Wildman–Crippen LogP) is 2.92. The number of rotatable bonds is 3. The van der Waals surface area contributed by atoms with E-state index < -0.39 is 0 Å². The van der Waals surface area contributed by atoms with Gasteiger partial charge in [0, 0.05) is 12.3 Å². The molecule has 1 aromatic carbocycles. The maximum atomic E-state index is 11.4. The second-order valence-corrected chi connectivity index (χ2v) is 3.81. The molecule has 2 rings (SSSR count). The first-order valence-corrected chi connectivity index (χ1v) is 5.57. The van der Waals surface area contributed by atoms with Gasteiger partial charge in [-0.1, -0.05) is 12.1 Å². The number of halogens is 1. The van der Waals surface area contributed by atoms with Crippen LogP contribution in [0.4, 0.5) is 0 Å². The lowest BCUT2D eigenvalue weighted by atomic mass is 10.2. The Kier molecular flexibility index (Phi) is 3.15. The predicted molar refractivity (Wildman–Crippen MR) is 64.5 cm³/mol. The van der Waals surface area contributed by atoms with Crippen LogP contribution in [0, 0.1) is 0 Å². The average molecular weight is 238 g/mol. The quantitative estimate of drug-likeness (QED) is 0.769. The summed E-state index contributed by atoms with van der Waals surface area (Å²) in [4.78, 5) is 11.4. The standard InChI is InChI=1S/C12H12ClNO2/c1-9(15)14-8-12(16-7-6-13)10-4-2-3-5-11(10)14/h2-5,8H,6-7H2,1H3. The highest BCUT2D eigenvalue weighted by Gasteiger charge is 2.10. The zero-order valence-corrected chi connectivity index (χ0v) is 9.70. The van der Waals surface area contributed by atoms with E-state index in [1.54, 1.807) is 10.8 Å². The van der Waals surface area contributed by atoms with Crippen LogP contribution in [0.25, 0.3) is 10.9 Å². The van der Waals surface area contributed by atoms with Crippen molar-refractivity contribution in [2.75, 3.05) is 12.5 Å². The first kappa shape index (κ1) is 11.0. The molecular formula is C12H12ClNO2. The fraction of sp³-hybridized carbons (Fsp3) is 0.250. The molecule has 3 nitrogen and oxygen atoms in total. The van der Waals surface area contributed by atoms with Crippen LogP contribution in [0.15, 0.2) is 30.5 Å². The number of carbonyl (C=O) groups excluding carboxylic acids is 1. The zero-order valence-electron chi connectivity index (χ0n) is 8.94. The van der Waals surface area contributed by atoms with Crippen molar-refractivity contribution >= 4 is 28.4 Å². The minimum absolute atomic E-state index is 0.0306. The van der Waals surface area contributed by atoms with Crippen molar-refractivity contribution in [3.63, 3.8) is 0 Å². The van der Waals surface area contributed by atoms with Crippen molar-refractivity contribution in [3.05, 3.63) is 30.5 Å². The molecular weight excluding hydrogens is 226 g/mol. The molecule has 0 saturated carbocycles. The van der Waals surface area contributed by atoms with Crippen molar-refractivity contribution < 1.29 is 9.53 Å². The van der Waals surface area contributed by atoms with Gasteiger partial charge in [0.15, 0.2) is 0 Å². The Morgan fingerprint density at radius 3 is 2.88 bits per heavy atom. The van der Waals surface area contributed by atoms with Gasteiger partial charge in [-0.3, -0.25) is 9.36 Å². The third-order valence-corrected chi connectivity index (χ3v) is 2.50. The molecule has 1 heterocycles. The molecule has 1 aromatic heterocycles. The summed E-state index contributed by atoms with van der Waals surface area (Å²) in [7, 11) is 0.